The van der Waals surface area contributed by atoms with Crippen LogP contribution >= 0.6 is 0 Å². The number of ether oxygens (including phenoxy) is 1. The summed E-state index contributed by atoms with van der Waals surface area (Å²) in [5.74, 6) is -0.757. The summed E-state index contributed by atoms with van der Waals surface area (Å²) in [7, 11) is -4.21. The number of nitro groups is 1. The molecular formula is C21H20N2O6S. The Kier molecular flexibility index (Phi) is 6.02. The van der Waals surface area contributed by atoms with E-state index in [2.05, 4.69) is 0 Å². The van der Waals surface area contributed by atoms with Crippen molar-refractivity contribution in [1.82, 2.24) is 0 Å². The fourth-order valence-corrected chi connectivity index (χ4v) is 4.56. The highest BCUT2D eigenvalue weighted by molar-refractivity contribution is 7.92. The molecule has 0 aliphatic heterocycles. The van der Waals surface area contributed by atoms with Crippen LogP contribution in [0.5, 0.6) is 0 Å². The van der Waals surface area contributed by atoms with Gasteiger partial charge in [0.2, 0.25) is 0 Å². The molecule has 0 saturated heterocycles. The number of carbonyl (C=O) groups excluding carboxylic acids is 1. The topological polar surface area (TPSA) is 107 Å². The first-order valence-electron chi connectivity index (χ1n) is 9.16. The van der Waals surface area contributed by atoms with Crippen molar-refractivity contribution in [3.63, 3.8) is 0 Å². The number of nitro benzene ring substituents is 1. The summed E-state index contributed by atoms with van der Waals surface area (Å²) in [5.41, 5.74) is 0.234. The molecule has 0 radical (unpaired) electrons. The number of aryl methyl sites for hydroxylation is 1. The second-order valence-corrected chi connectivity index (χ2v) is 8.42. The number of anilines is 1. The van der Waals surface area contributed by atoms with Crippen LogP contribution < -0.4 is 4.31 Å². The van der Waals surface area contributed by atoms with Gasteiger partial charge >= 0.3 is 5.97 Å². The summed E-state index contributed by atoms with van der Waals surface area (Å²) in [5, 5.41) is 12.8. The maximum atomic E-state index is 13.5. The number of hydrogen-bond acceptors (Lipinski definition) is 6. The standard InChI is InChI=1S/C21H20N2O6S/c1-3-29-21(24)14-22(20-13-18(23(25)26)10-8-15(20)2)30(27,28)19-11-9-16-6-4-5-7-17(16)12-19/h4-13H,3,14H2,1-2H3. The molecule has 30 heavy (non-hydrogen) atoms. The molecule has 0 unspecified atom stereocenters. The van der Waals surface area contributed by atoms with Crippen LogP contribution in [-0.2, 0) is 19.6 Å². The average Bonchev–Trinajstić information content (AvgIpc) is 2.72. The van der Waals surface area contributed by atoms with E-state index in [4.69, 9.17) is 4.74 Å². The largest absolute Gasteiger partial charge is 0.465 e. The van der Waals surface area contributed by atoms with E-state index in [1.54, 1.807) is 32.0 Å². The smallest absolute Gasteiger partial charge is 0.326 e. The molecule has 8 nitrogen and oxygen atoms in total. The Morgan fingerprint density at radius 2 is 1.77 bits per heavy atom. The molecule has 0 saturated carbocycles. The van der Waals surface area contributed by atoms with Crippen molar-refractivity contribution in [3.05, 3.63) is 76.3 Å². The normalized spacial score (nSPS) is 11.3. The van der Waals surface area contributed by atoms with Gasteiger partial charge in [0.25, 0.3) is 15.7 Å². The lowest BCUT2D eigenvalue weighted by molar-refractivity contribution is -0.384. The van der Waals surface area contributed by atoms with Gasteiger partial charge in [-0.2, -0.15) is 0 Å². The minimum absolute atomic E-state index is 0.0311. The number of non-ortho nitro benzene ring substituents is 1. The lowest BCUT2D eigenvalue weighted by Gasteiger charge is -2.25. The quantitative estimate of drug-likeness (QED) is 0.322. The van der Waals surface area contributed by atoms with Gasteiger partial charge in [0.05, 0.1) is 22.1 Å². The molecule has 0 amide bonds. The molecule has 156 valence electrons. The zero-order chi connectivity index (χ0) is 21.9. The van der Waals surface area contributed by atoms with Gasteiger partial charge in [-0.05, 0) is 42.3 Å². The summed E-state index contributed by atoms with van der Waals surface area (Å²) in [4.78, 5) is 22.8. The summed E-state index contributed by atoms with van der Waals surface area (Å²) in [6.45, 7) is 2.70. The number of nitrogens with zero attached hydrogens (tertiary/aromatic N) is 2. The van der Waals surface area contributed by atoms with E-state index in [-0.39, 0.29) is 22.9 Å². The highest BCUT2D eigenvalue weighted by Gasteiger charge is 2.30. The number of rotatable bonds is 7. The maximum Gasteiger partial charge on any atom is 0.326 e. The van der Waals surface area contributed by atoms with Crippen LogP contribution in [0.25, 0.3) is 10.8 Å². The van der Waals surface area contributed by atoms with Gasteiger partial charge in [-0.25, -0.2) is 8.42 Å². The lowest BCUT2D eigenvalue weighted by Crippen LogP contribution is -2.37. The SMILES string of the molecule is CCOC(=O)CN(c1cc([N+](=O)[O-])ccc1C)S(=O)(=O)c1ccc2ccccc2c1. The van der Waals surface area contributed by atoms with Gasteiger partial charge in [-0.1, -0.05) is 36.4 Å². The molecule has 0 fully saturated rings. The Labute approximate surface area is 173 Å². The van der Waals surface area contributed by atoms with Crippen LogP contribution in [0, 0.1) is 17.0 Å². The highest BCUT2D eigenvalue weighted by Crippen LogP contribution is 2.31. The third-order valence-electron chi connectivity index (χ3n) is 4.56. The summed E-state index contributed by atoms with van der Waals surface area (Å²) in [6.07, 6.45) is 0. The first-order chi connectivity index (χ1) is 14.2. The van der Waals surface area contributed by atoms with Crippen molar-refractivity contribution >= 4 is 38.1 Å². The summed E-state index contributed by atoms with van der Waals surface area (Å²) in [6, 6.07) is 15.8. The predicted molar refractivity (Wildman–Crippen MR) is 113 cm³/mol. The monoisotopic (exact) mass is 428 g/mol. The van der Waals surface area contributed by atoms with E-state index >= 15 is 0 Å². The Balaban J connectivity index is 2.16. The molecule has 3 aromatic carbocycles. The predicted octanol–water partition coefficient (Wildman–Crippen LogP) is 3.81. The molecule has 9 heteroatoms. The average molecular weight is 428 g/mol. The zero-order valence-corrected chi connectivity index (χ0v) is 17.3. The van der Waals surface area contributed by atoms with Crippen LogP contribution in [0.1, 0.15) is 12.5 Å². The minimum Gasteiger partial charge on any atom is -0.465 e. The van der Waals surface area contributed by atoms with E-state index in [1.807, 2.05) is 12.1 Å². The van der Waals surface area contributed by atoms with Gasteiger partial charge in [0, 0.05) is 12.1 Å². The van der Waals surface area contributed by atoms with E-state index in [9.17, 15) is 23.3 Å². The molecule has 0 bridgehead atoms. The van der Waals surface area contributed by atoms with E-state index in [1.165, 1.54) is 24.3 Å². The Hall–Kier alpha value is -3.46. The molecule has 0 aliphatic rings. The highest BCUT2D eigenvalue weighted by atomic mass is 32.2. The molecule has 0 spiro atoms. The number of benzene rings is 3. The van der Waals surface area contributed by atoms with Crippen LogP contribution in [0.4, 0.5) is 11.4 Å². The van der Waals surface area contributed by atoms with Crippen molar-refractivity contribution in [3.8, 4) is 0 Å². The lowest BCUT2D eigenvalue weighted by atomic mass is 10.1. The fourth-order valence-electron chi connectivity index (χ4n) is 3.06. The number of hydrogen-bond donors (Lipinski definition) is 0. The molecule has 0 N–H and O–H groups in total. The van der Waals surface area contributed by atoms with Crippen LogP contribution in [0.15, 0.2) is 65.6 Å². The maximum absolute atomic E-state index is 13.5. The van der Waals surface area contributed by atoms with E-state index in [0.717, 1.165) is 15.8 Å². The Morgan fingerprint density at radius 3 is 2.43 bits per heavy atom. The second-order valence-electron chi connectivity index (χ2n) is 6.55. The van der Waals surface area contributed by atoms with E-state index in [0.29, 0.717) is 10.9 Å². The Bertz CT molecular complexity index is 1220. The van der Waals surface area contributed by atoms with Gasteiger partial charge in [-0.15, -0.1) is 0 Å². The van der Waals surface area contributed by atoms with Crippen molar-refractivity contribution in [2.75, 3.05) is 17.5 Å². The van der Waals surface area contributed by atoms with Crippen molar-refractivity contribution < 1.29 is 22.9 Å². The number of esters is 1. The van der Waals surface area contributed by atoms with Crippen molar-refractivity contribution in [2.24, 2.45) is 0 Å². The zero-order valence-electron chi connectivity index (χ0n) is 16.4. The van der Waals surface area contributed by atoms with Crippen LogP contribution in [0.3, 0.4) is 0 Å². The molecule has 0 heterocycles. The number of fused-ring (bicyclic) bond motifs is 1. The molecule has 0 aromatic heterocycles. The minimum atomic E-state index is -4.21. The summed E-state index contributed by atoms with van der Waals surface area (Å²) >= 11 is 0. The molecule has 0 atom stereocenters. The van der Waals surface area contributed by atoms with Gasteiger partial charge < -0.3 is 4.74 Å². The number of carbonyl (C=O) groups is 1. The van der Waals surface area contributed by atoms with Crippen LogP contribution in [-0.4, -0.2) is 32.5 Å². The first kappa shape index (κ1) is 21.3. The number of sulfonamides is 1. The molecule has 3 rings (SSSR count). The van der Waals surface area contributed by atoms with Crippen molar-refractivity contribution in [1.29, 1.82) is 0 Å². The second kappa shape index (κ2) is 8.50. The first-order valence-corrected chi connectivity index (χ1v) is 10.6. The van der Waals surface area contributed by atoms with Crippen LogP contribution in [0.2, 0.25) is 0 Å². The van der Waals surface area contributed by atoms with Crippen molar-refractivity contribution in [2.45, 2.75) is 18.7 Å². The Morgan fingerprint density at radius 1 is 1.07 bits per heavy atom. The molecular weight excluding hydrogens is 408 g/mol. The molecule has 3 aromatic rings. The van der Waals surface area contributed by atoms with Gasteiger partial charge in [0.15, 0.2) is 0 Å². The fraction of sp³-hybridized carbons (Fsp3) is 0.190. The van der Waals surface area contributed by atoms with E-state index < -0.39 is 27.5 Å². The molecule has 0 aliphatic carbocycles. The third-order valence-corrected chi connectivity index (χ3v) is 6.31. The summed E-state index contributed by atoms with van der Waals surface area (Å²) < 4.78 is 32.8. The van der Waals surface area contributed by atoms with Gasteiger partial charge in [-0.3, -0.25) is 19.2 Å². The van der Waals surface area contributed by atoms with Gasteiger partial charge in [0.1, 0.15) is 6.54 Å². The third kappa shape index (κ3) is 4.25.